The van der Waals surface area contributed by atoms with Gasteiger partial charge >= 0.3 is 0 Å². The van der Waals surface area contributed by atoms with Crippen molar-refractivity contribution in [1.29, 1.82) is 0 Å². The summed E-state index contributed by atoms with van der Waals surface area (Å²) in [5, 5.41) is 19.0. The Hall–Kier alpha value is -1.19. The quantitative estimate of drug-likeness (QED) is 0.644. The van der Waals surface area contributed by atoms with Crippen LogP contribution in [-0.4, -0.2) is 22.1 Å². The van der Waals surface area contributed by atoms with Gasteiger partial charge in [0.25, 0.3) is 0 Å². The molecule has 0 spiro atoms. The number of Topliss-reactive ketones (excluding diaryl/α,β-unsaturated/α-hetero) is 1. The van der Waals surface area contributed by atoms with Crippen LogP contribution in [0.2, 0.25) is 0 Å². The molecule has 1 aliphatic carbocycles. The first-order valence-corrected chi connectivity index (χ1v) is 4.59. The van der Waals surface area contributed by atoms with E-state index in [1.54, 1.807) is 12.1 Å². The van der Waals surface area contributed by atoms with Crippen molar-refractivity contribution in [2.24, 2.45) is 0 Å². The molecule has 3 heteroatoms. The predicted molar refractivity (Wildman–Crippen MR) is 51.1 cm³/mol. The maximum atomic E-state index is 11.5. The Labute approximate surface area is 82.0 Å². The molecule has 0 heterocycles. The molecule has 1 aromatic rings. The molecule has 0 saturated heterocycles. The standard InChI is InChI=1S/C11H12O3/c1-6-2-3-7-8(4-6)9(12)5-10(13)11(7)14/h2-4,10-11,13-14H,5H2,1H3/t10-,11+/m1/s1. The van der Waals surface area contributed by atoms with Gasteiger partial charge in [-0.15, -0.1) is 0 Å². The van der Waals surface area contributed by atoms with Crippen LogP contribution < -0.4 is 0 Å². The summed E-state index contributed by atoms with van der Waals surface area (Å²) in [5.41, 5.74) is 2.07. The fraction of sp³-hybridized carbons (Fsp3) is 0.364. The summed E-state index contributed by atoms with van der Waals surface area (Å²) in [7, 11) is 0. The smallest absolute Gasteiger partial charge is 0.165 e. The molecule has 2 N–H and O–H groups in total. The fourth-order valence-electron chi connectivity index (χ4n) is 1.79. The van der Waals surface area contributed by atoms with Crippen molar-refractivity contribution in [1.82, 2.24) is 0 Å². The molecule has 0 saturated carbocycles. The van der Waals surface area contributed by atoms with Crippen molar-refractivity contribution in [2.75, 3.05) is 0 Å². The molecule has 2 atom stereocenters. The molecule has 74 valence electrons. The first-order chi connectivity index (χ1) is 6.59. The third kappa shape index (κ3) is 1.35. The third-order valence-corrected chi connectivity index (χ3v) is 2.59. The minimum atomic E-state index is -0.960. The van der Waals surface area contributed by atoms with Gasteiger partial charge in [-0.05, 0) is 18.6 Å². The van der Waals surface area contributed by atoms with E-state index in [9.17, 15) is 15.0 Å². The number of hydrogen-bond donors (Lipinski definition) is 2. The minimum Gasteiger partial charge on any atom is -0.390 e. The summed E-state index contributed by atoms with van der Waals surface area (Å²) >= 11 is 0. The van der Waals surface area contributed by atoms with Gasteiger partial charge in [0.2, 0.25) is 0 Å². The van der Waals surface area contributed by atoms with E-state index in [4.69, 9.17) is 0 Å². The van der Waals surface area contributed by atoms with Gasteiger partial charge in [-0.1, -0.05) is 17.7 Å². The van der Waals surface area contributed by atoms with Gasteiger partial charge in [-0.2, -0.15) is 0 Å². The predicted octanol–water partition coefficient (Wildman–Crippen LogP) is 0.976. The number of carbonyl (C=O) groups is 1. The second kappa shape index (κ2) is 3.19. The van der Waals surface area contributed by atoms with Gasteiger partial charge in [0.15, 0.2) is 5.78 Å². The lowest BCUT2D eigenvalue weighted by molar-refractivity contribution is 0.00871. The topological polar surface area (TPSA) is 57.5 Å². The van der Waals surface area contributed by atoms with Crippen molar-refractivity contribution in [3.8, 4) is 0 Å². The van der Waals surface area contributed by atoms with Gasteiger partial charge < -0.3 is 10.2 Å². The molecule has 0 aliphatic heterocycles. The van der Waals surface area contributed by atoms with E-state index < -0.39 is 12.2 Å². The zero-order valence-corrected chi connectivity index (χ0v) is 7.90. The van der Waals surface area contributed by atoms with Crippen LogP contribution >= 0.6 is 0 Å². The Bertz CT molecular complexity index is 384. The van der Waals surface area contributed by atoms with E-state index in [0.29, 0.717) is 11.1 Å². The second-order valence-electron chi connectivity index (χ2n) is 3.73. The number of rotatable bonds is 0. The van der Waals surface area contributed by atoms with Gasteiger partial charge in [-0.3, -0.25) is 4.79 Å². The van der Waals surface area contributed by atoms with Gasteiger partial charge in [-0.25, -0.2) is 0 Å². The Morgan fingerprint density at radius 2 is 2.07 bits per heavy atom. The second-order valence-corrected chi connectivity index (χ2v) is 3.73. The Balaban J connectivity index is 2.56. The number of benzene rings is 1. The fourth-order valence-corrected chi connectivity index (χ4v) is 1.79. The molecule has 2 rings (SSSR count). The number of fused-ring (bicyclic) bond motifs is 1. The molecule has 3 nitrogen and oxygen atoms in total. The first-order valence-electron chi connectivity index (χ1n) is 4.59. The van der Waals surface area contributed by atoms with E-state index >= 15 is 0 Å². The van der Waals surface area contributed by atoms with Crippen LogP contribution in [0.5, 0.6) is 0 Å². The first kappa shape index (κ1) is 9.37. The van der Waals surface area contributed by atoms with Crippen molar-refractivity contribution in [3.63, 3.8) is 0 Å². The molecular formula is C11H12O3. The number of hydrogen-bond acceptors (Lipinski definition) is 3. The highest BCUT2D eigenvalue weighted by Crippen LogP contribution is 2.30. The average Bonchev–Trinajstić information content (AvgIpc) is 2.14. The minimum absolute atomic E-state index is 0.0115. The van der Waals surface area contributed by atoms with Crippen LogP contribution in [0.15, 0.2) is 18.2 Å². The third-order valence-electron chi connectivity index (χ3n) is 2.59. The van der Waals surface area contributed by atoms with Gasteiger partial charge in [0.05, 0.1) is 6.10 Å². The molecular weight excluding hydrogens is 180 g/mol. The highest BCUT2D eigenvalue weighted by Gasteiger charge is 2.31. The van der Waals surface area contributed by atoms with E-state index in [-0.39, 0.29) is 12.2 Å². The van der Waals surface area contributed by atoms with Crippen LogP contribution in [0.3, 0.4) is 0 Å². The zero-order chi connectivity index (χ0) is 10.3. The number of aryl methyl sites for hydroxylation is 1. The molecule has 0 aromatic heterocycles. The summed E-state index contributed by atoms with van der Waals surface area (Å²) in [6.45, 7) is 1.89. The maximum Gasteiger partial charge on any atom is 0.165 e. The monoisotopic (exact) mass is 192 g/mol. The lowest BCUT2D eigenvalue weighted by atomic mass is 9.86. The van der Waals surface area contributed by atoms with Gasteiger partial charge in [0, 0.05) is 12.0 Å². The van der Waals surface area contributed by atoms with Crippen molar-refractivity contribution in [3.05, 3.63) is 34.9 Å². The van der Waals surface area contributed by atoms with E-state index in [0.717, 1.165) is 5.56 Å². The van der Waals surface area contributed by atoms with Crippen LogP contribution in [-0.2, 0) is 0 Å². The lowest BCUT2D eigenvalue weighted by Gasteiger charge is -2.25. The van der Waals surface area contributed by atoms with Crippen LogP contribution in [0.25, 0.3) is 0 Å². The molecule has 14 heavy (non-hydrogen) atoms. The SMILES string of the molecule is Cc1ccc2c(c1)C(=O)C[C@@H](O)[C@H]2O. The summed E-state index contributed by atoms with van der Waals surface area (Å²) in [5.74, 6) is -0.0958. The van der Waals surface area contributed by atoms with Crippen molar-refractivity contribution in [2.45, 2.75) is 25.6 Å². The number of aliphatic hydroxyl groups is 2. The molecule has 0 bridgehead atoms. The highest BCUT2D eigenvalue weighted by molar-refractivity contribution is 5.99. The summed E-state index contributed by atoms with van der Waals surface area (Å²) in [6.07, 6.45) is -1.88. The molecule has 1 aromatic carbocycles. The maximum absolute atomic E-state index is 11.5. The molecule has 0 radical (unpaired) electrons. The largest absolute Gasteiger partial charge is 0.390 e. The van der Waals surface area contributed by atoms with E-state index in [1.807, 2.05) is 13.0 Å². The van der Waals surface area contributed by atoms with Crippen LogP contribution in [0.4, 0.5) is 0 Å². The Morgan fingerprint density at radius 3 is 2.79 bits per heavy atom. The number of ketones is 1. The molecule has 0 amide bonds. The molecule has 0 unspecified atom stereocenters. The van der Waals surface area contributed by atoms with Crippen molar-refractivity contribution >= 4 is 5.78 Å². The Morgan fingerprint density at radius 1 is 1.36 bits per heavy atom. The summed E-state index contributed by atoms with van der Waals surface area (Å²) in [4.78, 5) is 11.5. The van der Waals surface area contributed by atoms with E-state index in [2.05, 4.69) is 0 Å². The lowest BCUT2D eigenvalue weighted by Crippen LogP contribution is -2.29. The molecule has 1 aliphatic rings. The van der Waals surface area contributed by atoms with E-state index in [1.165, 1.54) is 0 Å². The van der Waals surface area contributed by atoms with Crippen LogP contribution in [0, 0.1) is 6.92 Å². The van der Waals surface area contributed by atoms with Crippen LogP contribution in [0.1, 0.15) is 34.0 Å². The summed E-state index contributed by atoms with van der Waals surface area (Å²) in [6, 6.07) is 5.29. The normalized spacial score (nSPS) is 26.1. The molecule has 0 fully saturated rings. The number of carbonyl (C=O) groups excluding carboxylic acids is 1. The number of aliphatic hydroxyl groups excluding tert-OH is 2. The summed E-state index contributed by atoms with van der Waals surface area (Å²) < 4.78 is 0. The average molecular weight is 192 g/mol. The van der Waals surface area contributed by atoms with Gasteiger partial charge in [0.1, 0.15) is 6.10 Å². The van der Waals surface area contributed by atoms with Crippen molar-refractivity contribution < 1.29 is 15.0 Å². The highest BCUT2D eigenvalue weighted by atomic mass is 16.3. The Kier molecular flexibility index (Phi) is 2.13. The zero-order valence-electron chi connectivity index (χ0n) is 7.90.